The summed E-state index contributed by atoms with van der Waals surface area (Å²) in [7, 11) is 0. The lowest BCUT2D eigenvalue weighted by molar-refractivity contribution is 0.325. The highest BCUT2D eigenvalue weighted by molar-refractivity contribution is 9.10. The molecular weight excluding hydrogens is 230 g/mol. The Morgan fingerprint density at radius 2 is 2.38 bits per heavy atom. The van der Waals surface area contributed by atoms with Gasteiger partial charge < -0.3 is 4.74 Å². The first-order valence-electron chi connectivity index (χ1n) is 3.96. The molecule has 0 unspecified atom stereocenters. The monoisotopic (exact) mass is 239 g/mol. The average molecular weight is 240 g/mol. The summed E-state index contributed by atoms with van der Waals surface area (Å²) in [5.41, 5.74) is 0. The first-order valence-corrected chi connectivity index (χ1v) is 4.75. The predicted molar refractivity (Wildman–Crippen MR) is 55.5 cm³/mol. The quantitative estimate of drug-likeness (QED) is 0.598. The number of halogens is 1. The Kier molecular flexibility index (Phi) is 4.34. The highest BCUT2D eigenvalue weighted by atomic mass is 79.9. The molecule has 2 nitrogen and oxygen atoms in total. The highest BCUT2D eigenvalue weighted by Crippen LogP contribution is 2.15. The van der Waals surface area contributed by atoms with Gasteiger partial charge in [0.1, 0.15) is 5.75 Å². The lowest BCUT2D eigenvalue weighted by Gasteiger charge is -2.02. The Balaban J connectivity index is 2.39. The Morgan fingerprint density at radius 3 is 3.08 bits per heavy atom. The van der Waals surface area contributed by atoms with Crippen molar-refractivity contribution in [3.8, 4) is 17.6 Å². The van der Waals surface area contributed by atoms with Crippen LogP contribution in [0.4, 0.5) is 0 Å². The molecule has 0 aliphatic rings. The number of ether oxygens (including phenoxy) is 1. The van der Waals surface area contributed by atoms with Crippen LogP contribution in [0.25, 0.3) is 0 Å². The van der Waals surface area contributed by atoms with E-state index in [2.05, 4.69) is 32.8 Å². The third-order valence-electron chi connectivity index (χ3n) is 1.35. The Labute approximate surface area is 86.5 Å². The van der Waals surface area contributed by atoms with Crippen LogP contribution in [0.5, 0.6) is 5.75 Å². The molecule has 1 aromatic heterocycles. The maximum absolute atomic E-state index is 5.39. The largest absolute Gasteiger partial charge is 0.491 e. The molecule has 0 aliphatic carbocycles. The average Bonchev–Trinajstić information content (AvgIpc) is 2.13. The van der Waals surface area contributed by atoms with Gasteiger partial charge >= 0.3 is 0 Å². The van der Waals surface area contributed by atoms with Crippen LogP contribution in [0.1, 0.15) is 13.3 Å². The van der Waals surface area contributed by atoms with E-state index >= 15 is 0 Å². The van der Waals surface area contributed by atoms with E-state index in [0.717, 1.165) is 16.6 Å². The van der Waals surface area contributed by atoms with Gasteiger partial charge in [-0.05, 0) is 28.9 Å². The van der Waals surface area contributed by atoms with Crippen molar-refractivity contribution in [1.82, 2.24) is 4.98 Å². The maximum Gasteiger partial charge on any atom is 0.138 e. The zero-order valence-electron chi connectivity index (χ0n) is 7.38. The number of pyridine rings is 1. The van der Waals surface area contributed by atoms with E-state index in [0.29, 0.717) is 6.61 Å². The van der Waals surface area contributed by atoms with Gasteiger partial charge in [0.15, 0.2) is 0 Å². The summed E-state index contributed by atoms with van der Waals surface area (Å²) in [6, 6.07) is 1.88. The molecule has 0 saturated carbocycles. The minimum atomic E-state index is 0.610. The van der Waals surface area contributed by atoms with Gasteiger partial charge in [0.05, 0.1) is 12.8 Å². The van der Waals surface area contributed by atoms with Gasteiger partial charge in [-0.3, -0.25) is 4.98 Å². The van der Waals surface area contributed by atoms with Crippen molar-refractivity contribution < 1.29 is 4.74 Å². The second-order valence-corrected chi connectivity index (χ2v) is 3.28. The lowest BCUT2D eigenvalue weighted by atomic mass is 10.4. The molecule has 0 bridgehead atoms. The van der Waals surface area contributed by atoms with Crippen LogP contribution in [0.2, 0.25) is 0 Å². The van der Waals surface area contributed by atoms with E-state index in [-0.39, 0.29) is 0 Å². The number of rotatable bonds is 3. The lowest BCUT2D eigenvalue weighted by Crippen LogP contribution is -1.95. The topological polar surface area (TPSA) is 22.1 Å². The first-order chi connectivity index (χ1) is 6.33. The molecule has 1 heterocycles. The summed E-state index contributed by atoms with van der Waals surface area (Å²) in [6.07, 6.45) is 4.16. The second kappa shape index (κ2) is 5.60. The standard InChI is InChI=1S/C10H10BrNO/c1-2-3-4-5-13-10-6-9(11)7-12-8-10/h6-8H,4-5H2,1H3. The molecule has 0 aromatic carbocycles. The number of nitrogens with zero attached hydrogens (tertiary/aromatic N) is 1. The van der Waals surface area contributed by atoms with Crippen molar-refractivity contribution in [2.45, 2.75) is 13.3 Å². The van der Waals surface area contributed by atoms with Crippen molar-refractivity contribution in [3.63, 3.8) is 0 Å². The zero-order valence-corrected chi connectivity index (χ0v) is 8.97. The van der Waals surface area contributed by atoms with Gasteiger partial charge in [0.2, 0.25) is 0 Å². The van der Waals surface area contributed by atoms with Crippen molar-refractivity contribution >= 4 is 15.9 Å². The normalized spacial score (nSPS) is 8.77. The smallest absolute Gasteiger partial charge is 0.138 e. The molecule has 1 aromatic rings. The summed E-state index contributed by atoms with van der Waals surface area (Å²) in [5.74, 6) is 6.51. The second-order valence-electron chi connectivity index (χ2n) is 2.36. The van der Waals surface area contributed by atoms with E-state index in [1.807, 2.05) is 13.0 Å². The third-order valence-corrected chi connectivity index (χ3v) is 1.79. The number of hydrogen-bond donors (Lipinski definition) is 0. The minimum absolute atomic E-state index is 0.610. The van der Waals surface area contributed by atoms with Crippen molar-refractivity contribution in [2.75, 3.05) is 6.61 Å². The Hall–Kier alpha value is -1.01. The van der Waals surface area contributed by atoms with Crippen molar-refractivity contribution in [2.24, 2.45) is 0 Å². The summed E-state index contributed by atoms with van der Waals surface area (Å²) in [4.78, 5) is 3.98. The van der Waals surface area contributed by atoms with Gasteiger partial charge in [0, 0.05) is 17.1 Å². The van der Waals surface area contributed by atoms with Crippen molar-refractivity contribution in [3.05, 3.63) is 22.9 Å². The number of hydrogen-bond acceptors (Lipinski definition) is 2. The predicted octanol–water partition coefficient (Wildman–Crippen LogP) is 2.64. The third kappa shape index (κ3) is 3.95. The molecule has 68 valence electrons. The van der Waals surface area contributed by atoms with E-state index in [1.165, 1.54) is 0 Å². The van der Waals surface area contributed by atoms with Crippen LogP contribution in [0.3, 0.4) is 0 Å². The van der Waals surface area contributed by atoms with Crippen LogP contribution >= 0.6 is 15.9 Å². The van der Waals surface area contributed by atoms with Gasteiger partial charge in [0.25, 0.3) is 0 Å². The fourth-order valence-corrected chi connectivity index (χ4v) is 1.16. The van der Waals surface area contributed by atoms with Gasteiger partial charge in [-0.2, -0.15) is 0 Å². The van der Waals surface area contributed by atoms with Crippen LogP contribution in [0.15, 0.2) is 22.9 Å². The Morgan fingerprint density at radius 1 is 1.54 bits per heavy atom. The fourth-order valence-electron chi connectivity index (χ4n) is 0.816. The van der Waals surface area contributed by atoms with E-state index < -0.39 is 0 Å². The molecule has 0 saturated heterocycles. The van der Waals surface area contributed by atoms with Gasteiger partial charge in [-0.1, -0.05) is 0 Å². The molecule has 0 spiro atoms. The molecule has 13 heavy (non-hydrogen) atoms. The SMILES string of the molecule is CC#CCCOc1cncc(Br)c1. The number of aromatic nitrogens is 1. The van der Waals surface area contributed by atoms with Crippen LogP contribution < -0.4 is 4.74 Å². The van der Waals surface area contributed by atoms with Gasteiger partial charge in [-0.25, -0.2) is 0 Å². The molecule has 0 atom stereocenters. The summed E-state index contributed by atoms with van der Waals surface area (Å²) >= 11 is 3.31. The highest BCUT2D eigenvalue weighted by Gasteiger charge is 1.93. The van der Waals surface area contributed by atoms with Gasteiger partial charge in [-0.15, -0.1) is 11.8 Å². The van der Waals surface area contributed by atoms with E-state index in [4.69, 9.17) is 4.74 Å². The minimum Gasteiger partial charge on any atom is -0.491 e. The fraction of sp³-hybridized carbons (Fsp3) is 0.300. The molecule has 0 N–H and O–H groups in total. The summed E-state index contributed by atoms with van der Waals surface area (Å²) in [5, 5.41) is 0. The molecule has 0 radical (unpaired) electrons. The summed E-state index contributed by atoms with van der Waals surface area (Å²) in [6.45, 7) is 2.43. The molecule has 0 fully saturated rings. The maximum atomic E-state index is 5.39. The van der Waals surface area contributed by atoms with Crippen molar-refractivity contribution in [1.29, 1.82) is 0 Å². The van der Waals surface area contributed by atoms with Crippen LogP contribution in [0, 0.1) is 11.8 Å². The molecular formula is C10H10BrNO. The zero-order chi connectivity index (χ0) is 9.52. The molecule has 0 aliphatic heterocycles. The van der Waals surface area contributed by atoms with Crippen LogP contribution in [-0.2, 0) is 0 Å². The molecule has 0 amide bonds. The van der Waals surface area contributed by atoms with Crippen LogP contribution in [-0.4, -0.2) is 11.6 Å². The summed E-state index contributed by atoms with van der Waals surface area (Å²) < 4.78 is 6.32. The molecule has 1 rings (SSSR count). The Bertz CT molecular complexity index is 327. The molecule has 3 heteroatoms. The van der Waals surface area contributed by atoms with E-state index in [9.17, 15) is 0 Å². The van der Waals surface area contributed by atoms with E-state index in [1.54, 1.807) is 12.4 Å². The first kappa shape index (κ1) is 10.1.